The molecule has 2 heterocycles. The van der Waals surface area contributed by atoms with Crippen LogP contribution in [0.15, 0.2) is 18.2 Å². The van der Waals surface area contributed by atoms with Gasteiger partial charge >= 0.3 is 0 Å². The molecule has 0 aromatic carbocycles. The van der Waals surface area contributed by atoms with E-state index in [0.717, 1.165) is 25.3 Å². The average Bonchev–Trinajstić information content (AvgIpc) is 2.61. The molecule has 4 heteroatoms. The van der Waals surface area contributed by atoms with Crippen LogP contribution in [0.5, 0.6) is 5.88 Å². The average molecular weight is 291 g/mol. The SMILES string of the molecule is COc1cccc(CN2CC(C(C)(C)C)NCCC2C)n1. The fraction of sp³-hybridized carbons (Fsp3) is 0.706. The molecule has 1 aliphatic rings. The number of methoxy groups -OCH3 is 1. The molecule has 1 N–H and O–H groups in total. The van der Waals surface area contributed by atoms with Crippen LogP contribution >= 0.6 is 0 Å². The third kappa shape index (κ3) is 4.42. The largest absolute Gasteiger partial charge is 0.481 e. The van der Waals surface area contributed by atoms with Crippen molar-refractivity contribution in [2.24, 2.45) is 5.41 Å². The van der Waals surface area contributed by atoms with Crippen molar-refractivity contribution >= 4 is 0 Å². The van der Waals surface area contributed by atoms with Crippen LogP contribution in [0.25, 0.3) is 0 Å². The summed E-state index contributed by atoms with van der Waals surface area (Å²) in [4.78, 5) is 7.09. The minimum atomic E-state index is 0.268. The molecule has 0 saturated carbocycles. The Balaban J connectivity index is 2.11. The number of nitrogens with zero attached hydrogens (tertiary/aromatic N) is 2. The summed E-state index contributed by atoms with van der Waals surface area (Å²) in [5.74, 6) is 0.695. The van der Waals surface area contributed by atoms with Crippen LogP contribution in [-0.2, 0) is 6.54 Å². The lowest BCUT2D eigenvalue weighted by Gasteiger charge is -2.35. The molecule has 1 aliphatic heterocycles. The van der Waals surface area contributed by atoms with E-state index < -0.39 is 0 Å². The molecule has 2 atom stereocenters. The maximum Gasteiger partial charge on any atom is 0.213 e. The van der Waals surface area contributed by atoms with Gasteiger partial charge in [0.05, 0.1) is 12.8 Å². The summed E-state index contributed by atoms with van der Waals surface area (Å²) in [7, 11) is 1.67. The van der Waals surface area contributed by atoms with E-state index in [1.807, 2.05) is 12.1 Å². The van der Waals surface area contributed by atoms with Gasteiger partial charge in [-0.1, -0.05) is 26.8 Å². The highest BCUT2D eigenvalue weighted by atomic mass is 16.5. The molecule has 0 spiro atoms. The zero-order valence-electron chi connectivity index (χ0n) is 14.0. The van der Waals surface area contributed by atoms with Crippen molar-refractivity contribution in [2.45, 2.75) is 52.7 Å². The number of aromatic nitrogens is 1. The van der Waals surface area contributed by atoms with Crippen LogP contribution in [0.3, 0.4) is 0 Å². The standard InChI is InChI=1S/C17H29N3O/c1-13-9-10-18-15(17(2,3)4)12-20(13)11-14-7-6-8-16(19-14)21-5/h6-8,13,15,18H,9-12H2,1-5H3. The summed E-state index contributed by atoms with van der Waals surface area (Å²) in [5, 5.41) is 3.70. The van der Waals surface area contributed by atoms with Crippen molar-refractivity contribution in [3.05, 3.63) is 23.9 Å². The molecule has 1 fully saturated rings. The van der Waals surface area contributed by atoms with Crippen molar-refractivity contribution in [3.63, 3.8) is 0 Å². The summed E-state index contributed by atoms with van der Waals surface area (Å²) >= 11 is 0. The fourth-order valence-electron chi connectivity index (χ4n) is 2.80. The number of hydrogen-bond donors (Lipinski definition) is 1. The Bertz CT molecular complexity index is 456. The first-order chi connectivity index (χ1) is 9.90. The number of hydrogen-bond acceptors (Lipinski definition) is 4. The van der Waals surface area contributed by atoms with Crippen LogP contribution < -0.4 is 10.1 Å². The first-order valence-electron chi connectivity index (χ1n) is 7.87. The van der Waals surface area contributed by atoms with Gasteiger partial charge in [-0.3, -0.25) is 4.90 Å². The second kappa shape index (κ2) is 6.75. The molecule has 0 bridgehead atoms. The normalized spacial score (nSPS) is 24.6. The van der Waals surface area contributed by atoms with E-state index in [1.54, 1.807) is 7.11 Å². The van der Waals surface area contributed by atoms with Crippen molar-refractivity contribution in [2.75, 3.05) is 20.2 Å². The quantitative estimate of drug-likeness (QED) is 0.929. The molecule has 2 unspecified atom stereocenters. The fourth-order valence-corrected chi connectivity index (χ4v) is 2.80. The van der Waals surface area contributed by atoms with Crippen molar-refractivity contribution in [3.8, 4) is 5.88 Å². The molecule has 0 radical (unpaired) electrons. The molecule has 118 valence electrons. The zero-order chi connectivity index (χ0) is 15.5. The second-order valence-electron chi connectivity index (χ2n) is 7.11. The van der Waals surface area contributed by atoms with E-state index in [4.69, 9.17) is 4.74 Å². The van der Waals surface area contributed by atoms with Crippen molar-refractivity contribution in [1.29, 1.82) is 0 Å². The van der Waals surface area contributed by atoms with E-state index >= 15 is 0 Å². The van der Waals surface area contributed by atoms with Crippen LogP contribution in [0, 0.1) is 5.41 Å². The molecule has 0 amide bonds. The predicted octanol–water partition coefficient (Wildman–Crippen LogP) is 2.69. The van der Waals surface area contributed by atoms with Gasteiger partial charge in [0.15, 0.2) is 0 Å². The van der Waals surface area contributed by atoms with Crippen molar-refractivity contribution < 1.29 is 4.74 Å². The smallest absolute Gasteiger partial charge is 0.213 e. The molecule has 2 rings (SSSR count). The van der Waals surface area contributed by atoms with Gasteiger partial charge in [-0.15, -0.1) is 0 Å². The van der Waals surface area contributed by atoms with Crippen LogP contribution in [-0.4, -0.2) is 42.2 Å². The molecule has 21 heavy (non-hydrogen) atoms. The Labute approximate surface area is 128 Å². The lowest BCUT2D eigenvalue weighted by molar-refractivity contribution is 0.155. The van der Waals surface area contributed by atoms with Gasteiger partial charge in [0.25, 0.3) is 0 Å². The summed E-state index contributed by atoms with van der Waals surface area (Å²) in [6.45, 7) is 12.3. The molecule has 1 aromatic rings. The highest BCUT2D eigenvalue weighted by Gasteiger charge is 2.30. The van der Waals surface area contributed by atoms with Crippen LogP contribution in [0.2, 0.25) is 0 Å². The number of pyridine rings is 1. The number of ether oxygens (including phenoxy) is 1. The Morgan fingerprint density at radius 1 is 1.38 bits per heavy atom. The van der Waals surface area contributed by atoms with E-state index in [0.29, 0.717) is 18.0 Å². The minimum absolute atomic E-state index is 0.268. The van der Waals surface area contributed by atoms with Crippen molar-refractivity contribution in [1.82, 2.24) is 15.2 Å². The second-order valence-corrected chi connectivity index (χ2v) is 7.11. The Hall–Kier alpha value is -1.13. The van der Waals surface area contributed by atoms with Gasteiger partial charge in [0, 0.05) is 31.2 Å². The van der Waals surface area contributed by atoms with Crippen LogP contribution in [0.4, 0.5) is 0 Å². The molecule has 0 aliphatic carbocycles. The molecular weight excluding hydrogens is 262 g/mol. The predicted molar refractivity (Wildman–Crippen MR) is 86.5 cm³/mol. The topological polar surface area (TPSA) is 37.4 Å². The zero-order valence-corrected chi connectivity index (χ0v) is 14.0. The van der Waals surface area contributed by atoms with E-state index in [1.165, 1.54) is 6.42 Å². The third-order valence-electron chi connectivity index (χ3n) is 4.39. The van der Waals surface area contributed by atoms with Gasteiger partial charge < -0.3 is 10.1 Å². The molecular formula is C17H29N3O. The number of rotatable bonds is 3. The highest BCUT2D eigenvalue weighted by Crippen LogP contribution is 2.24. The van der Waals surface area contributed by atoms with Gasteiger partial charge in [-0.05, 0) is 31.4 Å². The maximum atomic E-state index is 5.23. The molecule has 1 aromatic heterocycles. The minimum Gasteiger partial charge on any atom is -0.481 e. The van der Waals surface area contributed by atoms with Gasteiger partial charge in [0.1, 0.15) is 0 Å². The van der Waals surface area contributed by atoms with E-state index in [2.05, 4.69) is 49.0 Å². The van der Waals surface area contributed by atoms with Gasteiger partial charge in [0.2, 0.25) is 5.88 Å². The Morgan fingerprint density at radius 2 is 2.14 bits per heavy atom. The third-order valence-corrected chi connectivity index (χ3v) is 4.39. The summed E-state index contributed by atoms with van der Waals surface area (Å²) in [6.07, 6.45) is 1.18. The summed E-state index contributed by atoms with van der Waals surface area (Å²) in [6, 6.07) is 7.07. The first-order valence-corrected chi connectivity index (χ1v) is 7.87. The molecule has 1 saturated heterocycles. The number of nitrogens with one attached hydrogen (secondary N) is 1. The summed E-state index contributed by atoms with van der Waals surface area (Å²) in [5.41, 5.74) is 1.35. The van der Waals surface area contributed by atoms with Crippen LogP contribution in [0.1, 0.15) is 39.8 Å². The molecule has 4 nitrogen and oxygen atoms in total. The first kappa shape index (κ1) is 16.2. The van der Waals surface area contributed by atoms with E-state index in [-0.39, 0.29) is 5.41 Å². The summed E-state index contributed by atoms with van der Waals surface area (Å²) < 4.78 is 5.23. The monoisotopic (exact) mass is 291 g/mol. The lowest BCUT2D eigenvalue weighted by Crippen LogP contribution is -2.47. The van der Waals surface area contributed by atoms with Gasteiger partial charge in [-0.2, -0.15) is 0 Å². The Kier molecular flexibility index (Phi) is 5.22. The Morgan fingerprint density at radius 3 is 2.81 bits per heavy atom. The van der Waals surface area contributed by atoms with Gasteiger partial charge in [-0.25, -0.2) is 4.98 Å². The van der Waals surface area contributed by atoms with E-state index in [9.17, 15) is 0 Å². The maximum absolute atomic E-state index is 5.23. The highest BCUT2D eigenvalue weighted by molar-refractivity contribution is 5.15. The lowest BCUT2D eigenvalue weighted by atomic mass is 9.86.